The van der Waals surface area contributed by atoms with Crippen LogP contribution >= 0.6 is 0 Å². The van der Waals surface area contributed by atoms with Crippen molar-refractivity contribution in [3.63, 3.8) is 0 Å². The average Bonchev–Trinajstić information content (AvgIpc) is 2.95. The second kappa shape index (κ2) is 12.3. The van der Waals surface area contributed by atoms with E-state index in [2.05, 4.69) is 4.72 Å². The number of aliphatic hydroxyl groups excluding tert-OH is 1. The van der Waals surface area contributed by atoms with Crippen molar-refractivity contribution in [3.8, 4) is 5.75 Å². The number of benzene rings is 3. The Balaban J connectivity index is 1.68. The molecule has 0 unspecified atom stereocenters. The number of halogens is 2. The van der Waals surface area contributed by atoms with Crippen LogP contribution in [-0.2, 0) is 20.0 Å². The lowest BCUT2D eigenvalue weighted by atomic mass is 9.99. The Morgan fingerprint density at radius 3 is 2.14 bits per heavy atom. The minimum atomic E-state index is -4.13. The molecular formula is C28H31F2N3O7S2. The zero-order valence-corrected chi connectivity index (χ0v) is 24.7. The molecule has 1 amide bonds. The molecular weight excluding hydrogens is 592 g/mol. The Hall–Kier alpha value is -3.59. The molecule has 0 radical (unpaired) electrons. The normalized spacial score (nSPS) is 18.5. The molecule has 0 saturated heterocycles. The number of carbonyl (C=O) groups is 1. The number of carbonyl (C=O) groups excluding carboxylic acids is 1. The maximum atomic E-state index is 13.6. The van der Waals surface area contributed by atoms with Gasteiger partial charge < -0.3 is 14.7 Å². The van der Waals surface area contributed by atoms with Crippen molar-refractivity contribution in [2.24, 2.45) is 5.92 Å². The van der Waals surface area contributed by atoms with Crippen LogP contribution in [0.1, 0.15) is 24.2 Å². The standard InChI is InChI=1S/C28H31F2N3O7S2/c1-18-15-33(19(2)17-34)28(35)25-14-22(31-41(36,37)23-9-4-20(29)5-10-23)8-13-26(25)40-27(18)16-32(3)42(38,39)24-11-6-21(30)7-12-24/h4-14,18-19,27,31,34H,15-17H2,1-3H3/t18-,19+,27+/m0/s1. The van der Waals surface area contributed by atoms with Crippen LogP contribution in [0, 0.1) is 17.6 Å². The van der Waals surface area contributed by atoms with E-state index in [9.17, 15) is 35.5 Å². The number of amides is 1. The SMILES string of the molecule is C[C@H](CO)N1C[C@H](C)[C@@H](CN(C)S(=O)(=O)c2ccc(F)cc2)Oc2ccc(NS(=O)(=O)c3ccc(F)cc3)cc2C1=O. The molecule has 0 saturated carbocycles. The second-order valence-electron chi connectivity index (χ2n) is 10.1. The summed E-state index contributed by atoms with van der Waals surface area (Å²) in [5, 5.41) is 9.86. The molecule has 3 atom stereocenters. The number of sulfonamides is 2. The summed E-state index contributed by atoms with van der Waals surface area (Å²) >= 11 is 0. The fourth-order valence-electron chi connectivity index (χ4n) is 4.47. The van der Waals surface area contributed by atoms with Crippen molar-refractivity contribution in [1.29, 1.82) is 0 Å². The van der Waals surface area contributed by atoms with Gasteiger partial charge in [-0.3, -0.25) is 9.52 Å². The summed E-state index contributed by atoms with van der Waals surface area (Å²) in [6, 6.07) is 12.1. The Morgan fingerprint density at radius 2 is 1.57 bits per heavy atom. The van der Waals surface area contributed by atoms with Crippen molar-refractivity contribution in [2.75, 3.05) is 31.5 Å². The number of rotatable bonds is 9. The van der Waals surface area contributed by atoms with E-state index in [1.54, 1.807) is 13.8 Å². The van der Waals surface area contributed by atoms with Crippen LogP contribution in [0.25, 0.3) is 0 Å². The summed E-state index contributed by atoms with van der Waals surface area (Å²) in [4.78, 5) is 14.8. The van der Waals surface area contributed by atoms with Gasteiger partial charge in [0.1, 0.15) is 23.5 Å². The van der Waals surface area contributed by atoms with Gasteiger partial charge in [0.05, 0.1) is 34.5 Å². The maximum Gasteiger partial charge on any atom is 0.261 e. The van der Waals surface area contributed by atoms with Crippen LogP contribution in [0.2, 0.25) is 0 Å². The van der Waals surface area contributed by atoms with Gasteiger partial charge in [-0.2, -0.15) is 4.31 Å². The quantitative estimate of drug-likeness (QED) is 0.374. The lowest BCUT2D eigenvalue weighted by Gasteiger charge is -2.38. The fourth-order valence-corrected chi connectivity index (χ4v) is 6.70. The summed E-state index contributed by atoms with van der Waals surface area (Å²) in [6.07, 6.45) is -0.771. The molecule has 14 heteroatoms. The van der Waals surface area contributed by atoms with Crippen LogP contribution < -0.4 is 9.46 Å². The maximum absolute atomic E-state index is 13.6. The molecule has 3 aromatic carbocycles. The van der Waals surface area contributed by atoms with Crippen LogP contribution in [0.5, 0.6) is 5.75 Å². The molecule has 0 aromatic heterocycles. The molecule has 2 N–H and O–H groups in total. The van der Waals surface area contributed by atoms with Gasteiger partial charge in [0, 0.05) is 25.2 Å². The monoisotopic (exact) mass is 623 g/mol. The van der Waals surface area contributed by atoms with E-state index < -0.39 is 55.7 Å². The number of fused-ring (bicyclic) bond motifs is 1. The van der Waals surface area contributed by atoms with E-state index in [4.69, 9.17) is 4.74 Å². The molecule has 1 aliphatic rings. The Labute approximate surface area is 243 Å². The highest BCUT2D eigenvalue weighted by Gasteiger charge is 2.35. The van der Waals surface area contributed by atoms with Crippen LogP contribution in [-0.4, -0.2) is 75.9 Å². The fraction of sp³-hybridized carbons (Fsp3) is 0.321. The van der Waals surface area contributed by atoms with Crippen molar-refractivity contribution in [2.45, 2.75) is 35.8 Å². The largest absolute Gasteiger partial charge is 0.488 e. The lowest BCUT2D eigenvalue weighted by Crippen LogP contribution is -2.50. The van der Waals surface area contributed by atoms with E-state index in [-0.39, 0.29) is 46.5 Å². The number of nitrogens with one attached hydrogen (secondary N) is 1. The highest BCUT2D eigenvalue weighted by molar-refractivity contribution is 7.92. The van der Waals surface area contributed by atoms with Crippen molar-refractivity contribution >= 4 is 31.6 Å². The second-order valence-corrected chi connectivity index (χ2v) is 13.9. The van der Waals surface area contributed by atoms with Gasteiger partial charge in [0.15, 0.2) is 0 Å². The summed E-state index contributed by atoms with van der Waals surface area (Å²) < 4.78 is 88.4. The Kier molecular flexibility index (Phi) is 9.21. The highest BCUT2D eigenvalue weighted by Crippen LogP contribution is 2.32. The third-order valence-electron chi connectivity index (χ3n) is 7.00. The van der Waals surface area contributed by atoms with E-state index >= 15 is 0 Å². The van der Waals surface area contributed by atoms with Gasteiger partial charge in [0.25, 0.3) is 15.9 Å². The zero-order valence-electron chi connectivity index (χ0n) is 23.1. The van der Waals surface area contributed by atoms with E-state index in [1.165, 1.54) is 30.1 Å². The molecule has 226 valence electrons. The molecule has 4 rings (SSSR count). The van der Waals surface area contributed by atoms with E-state index in [1.807, 2.05) is 0 Å². The third kappa shape index (κ3) is 6.72. The first-order valence-electron chi connectivity index (χ1n) is 13.0. The van der Waals surface area contributed by atoms with E-state index in [0.717, 1.165) is 52.8 Å². The molecule has 0 aliphatic carbocycles. The molecule has 1 heterocycles. The van der Waals surface area contributed by atoms with Crippen LogP contribution in [0.3, 0.4) is 0 Å². The first-order valence-corrected chi connectivity index (χ1v) is 15.9. The molecule has 0 spiro atoms. The van der Waals surface area contributed by atoms with Crippen LogP contribution in [0.4, 0.5) is 14.5 Å². The number of hydrogen-bond donors (Lipinski definition) is 2. The first kappa shape index (κ1) is 31.3. The molecule has 3 aromatic rings. The summed E-state index contributed by atoms with van der Waals surface area (Å²) in [7, 11) is -6.78. The number of hydrogen-bond acceptors (Lipinski definition) is 7. The van der Waals surface area contributed by atoms with Gasteiger partial charge >= 0.3 is 0 Å². The average molecular weight is 624 g/mol. The minimum absolute atomic E-state index is 0.00412. The van der Waals surface area contributed by atoms with Gasteiger partial charge in [-0.1, -0.05) is 6.92 Å². The Morgan fingerprint density at radius 1 is 1.00 bits per heavy atom. The van der Waals surface area contributed by atoms with E-state index in [0.29, 0.717) is 0 Å². The number of likely N-dealkylation sites (N-methyl/N-ethyl adjacent to an activating group) is 1. The zero-order chi connectivity index (χ0) is 30.8. The predicted molar refractivity (Wildman–Crippen MR) is 151 cm³/mol. The molecule has 0 fully saturated rings. The first-order chi connectivity index (χ1) is 19.7. The van der Waals surface area contributed by atoms with Crippen molar-refractivity contribution in [3.05, 3.63) is 83.9 Å². The number of ether oxygens (including phenoxy) is 1. The molecule has 1 aliphatic heterocycles. The molecule has 0 bridgehead atoms. The van der Waals surface area contributed by atoms with Crippen molar-refractivity contribution < 1.29 is 40.3 Å². The smallest absolute Gasteiger partial charge is 0.261 e. The van der Waals surface area contributed by atoms with Gasteiger partial charge in [-0.05, 0) is 73.7 Å². The number of nitrogens with zero attached hydrogens (tertiary/aromatic N) is 2. The summed E-state index contributed by atoms with van der Waals surface area (Å²) in [5.74, 6) is -2.02. The highest BCUT2D eigenvalue weighted by atomic mass is 32.2. The summed E-state index contributed by atoms with van der Waals surface area (Å²) in [5.41, 5.74) is 0.0309. The molecule has 42 heavy (non-hydrogen) atoms. The summed E-state index contributed by atoms with van der Waals surface area (Å²) in [6.45, 7) is 3.04. The topological polar surface area (TPSA) is 133 Å². The predicted octanol–water partition coefficient (Wildman–Crippen LogP) is 3.31. The number of anilines is 1. The van der Waals surface area contributed by atoms with Crippen LogP contribution in [0.15, 0.2) is 76.5 Å². The third-order valence-corrected chi connectivity index (χ3v) is 10.2. The van der Waals surface area contributed by atoms with Gasteiger partial charge in [-0.15, -0.1) is 0 Å². The minimum Gasteiger partial charge on any atom is -0.488 e. The van der Waals surface area contributed by atoms with Gasteiger partial charge in [0.2, 0.25) is 10.0 Å². The number of aliphatic hydroxyl groups is 1. The lowest BCUT2D eigenvalue weighted by molar-refractivity contribution is 0.0387. The molecule has 10 nitrogen and oxygen atoms in total. The van der Waals surface area contributed by atoms with Gasteiger partial charge in [-0.25, -0.2) is 25.6 Å². The van der Waals surface area contributed by atoms with Crippen molar-refractivity contribution in [1.82, 2.24) is 9.21 Å². The Bertz CT molecular complexity index is 1650.